The van der Waals surface area contributed by atoms with E-state index >= 15 is 0 Å². The van der Waals surface area contributed by atoms with E-state index in [4.69, 9.17) is 22.3 Å². The molecule has 19 heavy (non-hydrogen) atoms. The molecule has 0 spiro atoms. The summed E-state index contributed by atoms with van der Waals surface area (Å²) in [4.78, 5) is 13.7. The Bertz CT molecular complexity index is 278. The molecule has 7 N–H and O–H groups in total. The van der Waals surface area contributed by atoms with Crippen molar-refractivity contribution >= 4 is 33.5 Å². The summed E-state index contributed by atoms with van der Waals surface area (Å²) in [6.45, 7) is 1.69. The molecule has 0 aromatic carbocycles. The van der Waals surface area contributed by atoms with Crippen LogP contribution in [-0.4, -0.2) is 34.2 Å². The fraction of sp³-hybridized carbons (Fsp3) is 0.818. The number of aliphatic imine (C=N–C) groups is 1. The first-order chi connectivity index (χ1) is 8.91. The fourth-order valence-electron chi connectivity index (χ4n) is 1.45. The molecule has 1 saturated heterocycles. The van der Waals surface area contributed by atoms with E-state index in [1.807, 2.05) is 21.6 Å². The standard InChI is InChI=1S/C8H14O2S2.C3H10N4/c9-8(10)4-2-1-3-7-5-6-11-12-7;1-2(4)7-3(5)6/h7H,1-6H2,(H,9,10);2H,4H2,1H3,(H4,5,6,7). The molecule has 8 heteroatoms. The van der Waals surface area contributed by atoms with Gasteiger partial charge in [-0.25, -0.2) is 4.99 Å². The van der Waals surface area contributed by atoms with Crippen molar-refractivity contribution in [3.05, 3.63) is 0 Å². The van der Waals surface area contributed by atoms with Crippen LogP contribution in [0.1, 0.15) is 39.0 Å². The highest BCUT2D eigenvalue weighted by Gasteiger charge is 2.15. The number of unbranched alkanes of at least 4 members (excludes halogenated alkanes) is 1. The molecule has 1 rings (SSSR count). The van der Waals surface area contributed by atoms with Crippen molar-refractivity contribution in [3.63, 3.8) is 0 Å². The first-order valence-electron chi connectivity index (χ1n) is 6.26. The number of carboxylic acid groups (broad SMARTS) is 1. The van der Waals surface area contributed by atoms with Gasteiger partial charge < -0.3 is 22.3 Å². The quantitative estimate of drug-likeness (QED) is 0.252. The van der Waals surface area contributed by atoms with Gasteiger partial charge in [0, 0.05) is 17.4 Å². The number of guanidine groups is 1. The SMILES string of the molecule is CC(N)N=C(N)N.O=C(O)CCCCC1CCSS1. The van der Waals surface area contributed by atoms with Crippen molar-refractivity contribution in [1.29, 1.82) is 0 Å². The van der Waals surface area contributed by atoms with Crippen LogP contribution in [0.3, 0.4) is 0 Å². The number of hydrogen-bond acceptors (Lipinski definition) is 5. The molecule has 0 aromatic heterocycles. The Morgan fingerprint density at radius 2 is 2.16 bits per heavy atom. The van der Waals surface area contributed by atoms with Crippen LogP contribution in [0, 0.1) is 0 Å². The van der Waals surface area contributed by atoms with Gasteiger partial charge in [0.25, 0.3) is 0 Å². The molecule has 1 aliphatic rings. The van der Waals surface area contributed by atoms with E-state index in [1.54, 1.807) is 6.92 Å². The van der Waals surface area contributed by atoms with Crippen LogP contribution in [0.25, 0.3) is 0 Å². The number of hydrogen-bond donors (Lipinski definition) is 4. The normalized spacial score (nSPS) is 19.2. The summed E-state index contributed by atoms with van der Waals surface area (Å²) in [5, 5.41) is 9.19. The zero-order valence-electron chi connectivity index (χ0n) is 11.2. The van der Waals surface area contributed by atoms with Crippen LogP contribution in [0.15, 0.2) is 4.99 Å². The maximum Gasteiger partial charge on any atom is 0.303 e. The minimum atomic E-state index is -0.663. The van der Waals surface area contributed by atoms with Gasteiger partial charge in [0.15, 0.2) is 5.96 Å². The summed E-state index contributed by atoms with van der Waals surface area (Å²) < 4.78 is 0. The zero-order chi connectivity index (χ0) is 14.7. The van der Waals surface area contributed by atoms with Gasteiger partial charge in [-0.1, -0.05) is 28.0 Å². The van der Waals surface area contributed by atoms with Crippen LogP contribution in [0.5, 0.6) is 0 Å². The Kier molecular flexibility index (Phi) is 10.9. The molecule has 1 heterocycles. The van der Waals surface area contributed by atoms with Crippen molar-refractivity contribution in [2.24, 2.45) is 22.2 Å². The Hall–Kier alpha value is -0.600. The first-order valence-corrected chi connectivity index (χ1v) is 8.64. The van der Waals surface area contributed by atoms with Crippen molar-refractivity contribution < 1.29 is 9.90 Å². The van der Waals surface area contributed by atoms with Crippen molar-refractivity contribution in [1.82, 2.24) is 0 Å². The second-order valence-electron chi connectivity index (χ2n) is 4.26. The molecule has 2 atom stereocenters. The molecule has 0 saturated carbocycles. The van der Waals surface area contributed by atoms with E-state index in [-0.39, 0.29) is 12.1 Å². The number of aliphatic carboxylic acids is 1. The van der Waals surface area contributed by atoms with Gasteiger partial charge >= 0.3 is 5.97 Å². The lowest BCUT2D eigenvalue weighted by atomic mass is 10.1. The smallest absolute Gasteiger partial charge is 0.303 e. The number of carbonyl (C=O) groups is 1. The molecule has 2 unspecified atom stereocenters. The molecule has 1 aliphatic heterocycles. The largest absolute Gasteiger partial charge is 0.481 e. The summed E-state index contributed by atoms with van der Waals surface area (Å²) in [6.07, 6.45) is 4.48. The van der Waals surface area contributed by atoms with Crippen LogP contribution in [0.2, 0.25) is 0 Å². The number of rotatable bonds is 6. The predicted octanol–water partition coefficient (Wildman–Crippen LogP) is 1.35. The molecule has 0 bridgehead atoms. The lowest BCUT2D eigenvalue weighted by Gasteiger charge is -2.04. The third-order valence-electron chi connectivity index (χ3n) is 2.25. The van der Waals surface area contributed by atoms with E-state index in [0.29, 0.717) is 6.42 Å². The fourth-order valence-corrected chi connectivity index (χ4v) is 4.48. The minimum absolute atomic E-state index is 0.0370. The van der Waals surface area contributed by atoms with E-state index in [2.05, 4.69) is 4.99 Å². The third-order valence-corrected chi connectivity index (χ3v) is 5.25. The first kappa shape index (κ1) is 18.4. The van der Waals surface area contributed by atoms with Gasteiger partial charge in [0.1, 0.15) is 0 Å². The summed E-state index contributed by atoms with van der Waals surface area (Å²) >= 11 is 0. The van der Waals surface area contributed by atoms with Crippen LogP contribution >= 0.6 is 21.6 Å². The average Bonchev–Trinajstić information content (AvgIpc) is 2.75. The number of nitrogens with zero attached hydrogens (tertiary/aromatic N) is 1. The predicted molar refractivity (Wildman–Crippen MR) is 84.0 cm³/mol. The maximum atomic E-state index is 10.2. The van der Waals surface area contributed by atoms with Crippen molar-refractivity contribution in [2.45, 2.75) is 50.4 Å². The second-order valence-corrected chi connectivity index (χ2v) is 7.05. The second kappa shape index (κ2) is 11.2. The lowest BCUT2D eigenvalue weighted by molar-refractivity contribution is -0.137. The van der Waals surface area contributed by atoms with Gasteiger partial charge in [-0.3, -0.25) is 4.79 Å². The molecule has 6 nitrogen and oxygen atoms in total. The molecule has 112 valence electrons. The van der Waals surface area contributed by atoms with E-state index in [1.165, 1.54) is 18.6 Å². The molecule has 0 aromatic rings. The zero-order valence-corrected chi connectivity index (χ0v) is 12.9. The van der Waals surface area contributed by atoms with Crippen LogP contribution in [-0.2, 0) is 4.79 Å². The van der Waals surface area contributed by atoms with Gasteiger partial charge in [0.2, 0.25) is 0 Å². The molecule has 0 radical (unpaired) electrons. The summed E-state index contributed by atoms with van der Waals surface area (Å²) in [5.74, 6) is 0.646. The van der Waals surface area contributed by atoms with Gasteiger partial charge in [-0.05, 0) is 26.2 Å². The Morgan fingerprint density at radius 3 is 2.53 bits per heavy atom. The molecule has 1 fully saturated rings. The minimum Gasteiger partial charge on any atom is -0.481 e. The third kappa shape index (κ3) is 13.6. The lowest BCUT2D eigenvalue weighted by Crippen LogP contribution is -2.27. The van der Waals surface area contributed by atoms with Gasteiger partial charge in [-0.15, -0.1) is 0 Å². The Morgan fingerprint density at radius 1 is 1.47 bits per heavy atom. The monoisotopic (exact) mass is 308 g/mol. The summed E-state index contributed by atoms with van der Waals surface area (Å²) in [6, 6.07) is 0. The molecule has 0 aliphatic carbocycles. The van der Waals surface area contributed by atoms with E-state index in [9.17, 15) is 4.79 Å². The van der Waals surface area contributed by atoms with Gasteiger partial charge in [0.05, 0.1) is 6.17 Å². The summed E-state index contributed by atoms with van der Waals surface area (Å²) in [5.41, 5.74) is 15.0. The van der Waals surface area contributed by atoms with Crippen LogP contribution in [0.4, 0.5) is 0 Å². The highest BCUT2D eigenvalue weighted by molar-refractivity contribution is 8.77. The highest BCUT2D eigenvalue weighted by atomic mass is 33.1. The van der Waals surface area contributed by atoms with Gasteiger partial charge in [-0.2, -0.15) is 0 Å². The molecular weight excluding hydrogens is 284 g/mol. The van der Waals surface area contributed by atoms with Crippen molar-refractivity contribution in [3.8, 4) is 0 Å². The molecule has 0 amide bonds. The van der Waals surface area contributed by atoms with E-state index in [0.717, 1.165) is 18.1 Å². The van der Waals surface area contributed by atoms with Crippen molar-refractivity contribution in [2.75, 3.05) is 5.75 Å². The Labute approximate surface area is 122 Å². The Balaban J connectivity index is 0.000000399. The highest BCUT2D eigenvalue weighted by Crippen LogP contribution is 2.39. The topological polar surface area (TPSA) is 128 Å². The summed E-state index contributed by atoms with van der Waals surface area (Å²) in [7, 11) is 3.92. The maximum absolute atomic E-state index is 10.2. The number of nitrogens with two attached hydrogens (primary N) is 3. The molecular formula is C11H24N4O2S2. The average molecular weight is 308 g/mol. The van der Waals surface area contributed by atoms with Crippen LogP contribution < -0.4 is 17.2 Å². The van der Waals surface area contributed by atoms with E-state index < -0.39 is 5.97 Å². The number of carboxylic acids is 1.